The van der Waals surface area contributed by atoms with Gasteiger partial charge in [0.1, 0.15) is 5.01 Å². The second-order valence-corrected chi connectivity index (χ2v) is 5.37. The highest BCUT2D eigenvalue weighted by Gasteiger charge is 2.17. The van der Waals surface area contributed by atoms with Crippen LogP contribution in [-0.4, -0.2) is 25.4 Å². The smallest absolute Gasteiger partial charge is 0.234 e. The summed E-state index contributed by atoms with van der Waals surface area (Å²) in [5.74, 6) is 0.905. The third-order valence-corrected chi connectivity index (χ3v) is 2.92. The van der Waals surface area contributed by atoms with E-state index in [-0.39, 0.29) is 5.54 Å². The summed E-state index contributed by atoms with van der Waals surface area (Å²) in [4.78, 5) is 0.853. The first-order valence-corrected chi connectivity index (χ1v) is 5.80. The Morgan fingerprint density at radius 1 is 1.40 bits per heavy atom. The van der Waals surface area contributed by atoms with Gasteiger partial charge in [0.2, 0.25) is 4.96 Å². The summed E-state index contributed by atoms with van der Waals surface area (Å²) in [5.41, 5.74) is 5.72. The highest BCUT2D eigenvalue weighted by Crippen LogP contribution is 2.18. The molecule has 0 saturated heterocycles. The van der Waals surface area contributed by atoms with Gasteiger partial charge in [-0.15, -0.1) is 10.2 Å². The summed E-state index contributed by atoms with van der Waals surface area (Å²) < 4.78 is 1.81. The molecule has 0 aliphatic carbocycles. The van der Waals surface area contributed by atoms with Crippen molar-refractivity contribution >= 4 is 16.3 Å². The average Bonchev–Trinajstić information content (AvgIpc) is 2.59. The van der Waals surface area contributed by atoms with Crippen molar-refractivity contribution in [3.63, 3.8) is 0 Å². The Morgan fingerprint density at radius 3 is 2.73 bits per heavy atom. The van der Waals surface area contributed by atoms with Crippen LogP contribution in [0.15, 0.2) is 0 Å². The van der Waals surface area contributed by atoms with E-state index in [1.807, 2.05) is 25.3 Å². The van der Waals surface area contributed by atoms with Gasteiger partial charge in [0.25, 0.3) is 0 Å². The third-order valence-electron chi connectivity index (χ3n) is 2.02. The largest absolute Gasteiger partial charge is 0.325 e. The van der Waals surface area contributed by atoms with E-state index in [0.29, 0.717) is 0 Å². The van der Waals surface area contributed by atoms with Crippen LogP contribution in [0.25, 0.3) is 4.96 Å². The molecule has 2 aromatic rings. The van der Waals surface area contributed by atoms with Gasteiger partial charge in [-0.1, -0.05) is 18.3 Å². The fourth-order valence-corrected chi connectivity index (χ4v) is 2.47. The number of nitrogens with two attached hydrogens (primary N) is 1. The first-order valence-electron chi connectivity index (χ1n) is 4.98. The molecule has 0 fully saturated rings. The molecule has 2 N–H and O–H groups in total. The second-order valence-electron chi connectivity index (χ2n) is 4.33. The van der Waals surface area contributed by atoms with E-state index in [0.717, 1.165) is 28.6 Å². The molecule has 0 spiro atoms. The number of hydrogen-bond donors (Lipinski definition) is 1. The van der Waals surface area contributed by atoms with Crippen LogP contribution >= 0.6 is 11.3 Å². The van der Waals surface area contributed by atoms with Crippen LogP contribution in [0.5, 0.6) is 0 Å². The zero-order valence-corrected chi connectivity index (χ0v) is 10.0. The van der Waals surface area contributed by atoms with Crippen LogP contribution < -0.4 is 5.73 Å². The van der Waals surface area contributed by atoms with E-state index < -0.39 is 0 Å². The van der Waals surface area contributed by atoms with E-state index in [4.69, 9.17) is 5.73 Å². The van der Waals surface area contributed by atoms with Crippen molar-refractivity contribution in [2.75, 3.05) is 0 Å². The number of rotatable bonds is 3. The van der Waals surface area contributed by atoms with Gasteiger partial charge in [0, 0.05) is 18.4 Å². The van der Waals surface area contributed by atoms with Gasteiger partial charge in [0.05, 0.1) is 0 Å². The van der Waals surface area contributed by atoms with Crippen LogP contribution in [0.3, 0.4) is 0 Å². The van der Waals surface area contributed by atoms with Gasteiger partial charge < -0.3 is 5.73 Å². The molecule has 5 nitrogen and oxygen atoms in total. The molecule has 0 saturated carbocycles. The topological polar surface area (TPSA) is 69.1 Å². The van der Waals surface area contributed by atoms with Crippen molar-refractivity contribution in [1.82, 2.24) is 19.8 Å². The monoisotopic (exact) mass is 225 g/mol. The van der Waals surface area contributed by atoms with Gasteiger partial charge in [-0.05, 0) is 13.8 Å². The molecule has 0 aliphatic rings. The Hall–Kier alpha value is -1.01. The quantitative estimate of drug-likeness (QED) is 0.847. The lowest BCUT2D eigenvalue weighted by atomic mass is 10.0. The van der Waals surface area contributed by atoms with Crippen molar-refractivity contribution in [3.8, 4) is 0 Å². The highest BCUT2D eigenvalue weighted by molar-refractivity contribution is 7.16. The number of hydrogen-bond acceptors (Lipinski definition) is 5. The molecule has 0 aromatic carbocycles. The molecule has 0 atom stereocenters. The lowest BCUT2D eigenvalue weighted by Gasteiger charge is -2.15. The molecule has 0 amide bonds. The molecule has 15 heavy (non-hydrogen) atoms. The molecule has 2 heterocycles. The Labute approximate surface area is 92.3 Å². The molecule has 82 valence electrons. The zero-order chi connectivity index (χ0) is 11.1. The van der Waals surface area contributed by atoms with Crippen molar-refractivity contribution in [2.45, 2.75) is 39.2 Å². The second kappa shape index (κ2) is 3.53. The van der Waals surface area contributed by atoms with Gasteiger partial charge >= 0.3 is 0 Å². The summed E-state index contributed by atoms with van der Waals surface area (Å²) in [6.45, 7) is 6.04. The van der Waals surface area contributed by atoms with Crippen molar-refractivity contribution in [1.29, 1.82) is 0 Å². The van der Waals surface area contributed by atoms with E-state index in [2.05, 4.69) is 15.3 Å². The summed E-state index contributed by atoms with van der Waals surface area (Å²) in [7, 11) is 0. The summed E-state index contributed by atoms with van der Waals surface area (Å²) in [5, 5.41) is 13.6. The molecule has 0 radical (unpaired) electrons. The maximum atomic E-state index is 5.95. The normalized spacial score (nSPS) is 12.5. The van der Waals surface area contributed by atoms with Gasteiger partial charge in [-0.2, -0.15) is 9.61 Å². The molecule has 2 aromatic heterocycles. The first-order chi connectivity index (χ1) is 6.99. The van der Waals surface area contributed by atoms with Gasteiger partial charge in [-0.3, -0.25) is 0 Å². The Balaban J connectivity index is 2.35. The van der Waals surface area contributed by atoms with Crippen LogP contribution in [0.2, 0.25) is 0 Å². The molecule has 6 heteroatoms. The van der Waals surface area contributed by atoms with Crippen LogP contribution in [0.1, 0.15) is 31.6 Å². The summed E-state index contributed by atoms with van der Waals surface area (Å²) in [6, 6.07) is 0. The average molecular weight is 225 g/mol. The SMILES string of the molecule is CCc1nnc2sc(CC(C)(C)N)nn12. The fraction of sp³-hybridized carbons (Fsp3) is 0.667. The van der Waals surface area contributed by atoms with Gasteiger partial charge in [-0.25, -0.2) is 0 Å². The van der Waals surface area contributed by atoms with Crippen LogP contribution in [0.4, 0.5) is 0 Å². The maximum absolute atomic E-state index is 5.95. The van der Waals surface area contributed by atoms with E-state index in [1.165, 1.54) is 0 Å². The van der Waals surface area contributed by atoms with Gasteiger partial charge in [0.15, 0.2) is 5.82 Å². The molecular formula is C9H15N5S. The minimum Gasteiger partial charge on any atom is -0.325 e. The first kappa shape index (κ1) is 10.5. The van der Waals surface area contributed by atoms with E-state index in [9.17, 15) is 0 Å². The Bertz CT molecular complexity index is 464. The minimum atomic E-state index is -0.227. The molecule has 0 bridgehead atoms. The predicted octanol–water partition coefficient (Wildman–Crippen LogP) is 1.03. The predicted molar refractivity (Wildman–Crippen MR) is 60.0 cm³/mol. The maximum Gasteiger partial charge on any atom is 0.234 e. The van der Waals surface area contributed by atoms with E-state index >= 15 is 0 Å². The molecule has 2 rings (SSSR count). The fourth-order valence-electron chi connectivity index (χ4n) is 1.38. The summed E-state index contributed by atoms with van der Waals surface area (Å²) in [6.07, 6.45) is 1.61. The minimum absolute atomic E-state index is 0.227. The Morgan fingerprint density at radius 2 is 2.13 bits per heavy atom. The van der Waals surface area contributed by atoms with Crippen molar-refractivity contribution in [2.24, 2.45) is 5.73 Å². The molecule has 0 unspecified atom stereocenters. The standard InChI is InChI=1S/C9H15N5S/c1-4-6-11-12-8-14(6)13-7(15-8)5-9(2,3)10/h4-5,10H2,1-3H3. The lowest BCUT2D eigenvalue weighted by Crippen LogP contribution is -2.34. The lowest BCUT2D eigenvalue weighted by molar-refractivity contribution is 0.512. The van der Waals surface area contributed by atoms with Crippen LogP contribution in [0, 0.1) is 0 Å². The molecular weight excluding hydrogens is 210 g/mol. The van der Waals surface area contributed by atoms with Crippen molar-refractivity contribution in [3.05, 3.63) is 10.8 Å². The highest BCUT2D eigenvalue weighted by atomic mass is 32.1. The van der Waals surface area contributed by atoms with E-state index in [1.54, 1.807) is 11.3 Å². The summed E-state index contributed by atoms with van der Waals surface area (Å²) >= 11 is 1.56. The number of fused-ring (bicyclic) bond motifs is 1. The number of aromatic nitrogens is 4. The number of nitrogens with zero attached hydrogens (tertiary/aromatic N) is 4. The zero-order valence-electron chi connectivity index (χ0n) is 9.19. The number of aryl methyl sites for hydroxylation is 1. The van der Waals surface area contributed by atoms with Crippen LogP contribution in [-0.2, 0) is 12.8 Å². The van der Waals surface area contributed by atoms with Crippen molar-refractivity contribution < 1.29 is 0 Å². The third kappa shape index (κ3) is 2.15. The Kier molecular flexibility index (Phi) is 2.47. The molecule has 0 aliphatic heterocycles.